The van der Waals surface area contributed by atoms with Gasteiger partial charge in [0, 0.05) is 7.05 Å². The molecule has 1 fully saturated rings. The summed E-state index contributed by atoms with van der Waals surface area (Å²) >= 11 is 0. The molecule has 1 aliphatic heterocycles. The number of benzene rings is 2. The van der Waals surface area contributed by atoms with Gasteiger partial charge in [0.15, 0.2) is 6.10 Å². The van der Waals surface area contributed by atoms with E-state index < -0.39 is 11.7 Å². The number of amides is 1. The molecule has 0 saturated carbocycles. The normalized spacial score (nSPS) is 24.0. The van der Waals surface area contributed by atoms with Gasteiger partial charge in [-0.05, 0) is 29.7 Å². The average Bonchev–Trinajstić information content (AvgIpc) is 2.64. The number of rotatable bonds is 4. The molecule has 126 valence electrons. The Kier molecular flexibility index (Phi) is 4.58. The maximum atomic E-state index is 12.7. The second-order valence-electron chi connectivity index (χ2n) is 6.18. The Hall–Kier alpha value is -2.33. The van der Waals surface area contributed by atoms with Crippen molar-refractivity contribution in [2.75, 3.05) is 20.7 Å². The molecule has 2 aromatic carbocycles. The number of nitrogens with zero attached hydrogens (tertiary/aromatic N) is 1. The average molecular weight is 325 g/mol. The minimum absolute atomic E-state index is 0.00632. The summed E-state index contributed by atoms with van der Waals surface area (Å²) in [6.07, 6.45) is 0.178. The molecule has 1 aliphatic rings. The van der Waals surface area contributed by atoms with Crippen LogP contribution in [0.1, 0.15) is 30.6 Å². The molecule has 24 heavy (non-hydrogen) atoms. The Balaban J connectivity index is 2.02. The van der Waals surface area contributed by atoms with E-state index in [1.807, 2.05) is 61.6 Å². The van der Waals surface area contributed by atoms with Crippen molar-refractivity contribution in [1.29, 1.82) is 0 Å². The van der Waals surface area contributed by atoms with Gasteiger partial charge in [0.2, 0.25) is 0 Å². The van der Waals surface area contributed by atoms with Crippen LogP contribution in [0.3, 0.4) is 0 Å². The predicted octanol–water partition coefficient (Wildman–Crippen LogP) is 3.53. The molecule has 4 heteroatoms. The molecular formula is C20H23NO3. The van der Waals surface area contributed by atoms with Crippen molar-refractivity contribution in [3.8, 4) is 5.75 Å². The molecule has 2 unspecified atom stereocenters. The van der Waals surface area contributed by atoms with Crippen LogP contribution in [0.2, 0.25) is 0 Å². The SMILES string of the molecule is CCC1(c2cccc(OC)c2)CN(C)C(=O)C(c2ccccc2)O1. The first kappa shape index (κ1) is 16.5. The zero-order valence-electron chi connectivity index (χ0n) is 14.4. The molecule has 0 radical (unpaired) electrons. The van der Waals surface area contributed by atoms with Gasteiger partial charge in [-0.15, -0.1) is 0 Å². The van der Waals surface area contributed by atoms with E-state index in [1.54, 1.807) is 12.0 Å². The lowest BCUT2D eigenvalue weighted by Gasteiger charge is -2.45. The Morgan fingerprint density at radius 2 is 1.96 bits per heavy atom. The number of likely N-dealkylation sites (N-methyl/N-ethyl adjacent to an activating group) is 1. The summed E-state index contributed by atoms with van der Waals surface area (Å²) in [5.74, 6) is 0.785. The van der Waals surface area contributed by atoms with Crippen molar-refractivity contribution in [1.82, 2.24) is 4.90 Å². The summed E-state index contributed by atoms with van der Waals surface area (Å²) in [7, 11) is 3.49. The van der Waals surface area contributed by atoms with E-state index in [0.29, 0.717) is 6.54 Å². The summed E-state index contributed by atoms with van der Waals surface area (Å²) in [5, 5.41) is 0. The number of morpholine rings is 1. The molecule has 3 rings (SSSR count). The molecule has 2 atom stereocenters. The summed E-state index contributed by atoms with van der Waals surface area (Å²) in [4.78, 5) is 14.4. The van der Waals surface area contributed by atoms with Gasteiger partial charge in [-0.2, -0.15) is 0 Å². The smallest absolute Gasteiger partial charge is 0.256 e. The lowest BCUT2D eigenvalue weighted by molar-refractivity contribution is -0.186. The van der Waals surface area contributed by atoms with Gasteiger partial charge in [-0.3, -0.25) is 4.79 Å². The second kappa shape index (κ2) is 6.65. The zero-order valence-corrected chi connectivity index (χ0v) is 14.4. The van der Waals surface area contributed by atoms with E-state index in [2.05, 4.69) is 6.92 Å². The maximum absolute atomic E-state index is 12.7. The lowest BCUT2D eigenvalue weighted by Crippen LogP contribution is -2.52. The molecule has 4 nitrogen and oxygen atoms in total. The van der Waals surface area contributed by atoms with Gasteiger partial charge in [-0.1, -0.05) is 49.4 Å². The van der Waals surface area contributed by atoms with Crippen LogP contribution < -0.4 is 4.74 Å². The molecular weight excluding hydrogens is 302 g/mol. The molecule has 1 heterocycles. The Labute approximate surface area is 143 Å². The van der Waals surface area contributed by atoms with Crippen LogP contribution in [-0.2, 0) is 15.1 Å². The van der Waals surface area contributed by atoms with E-state index in [4.69, 9.17) is 9.47 Å². The zero-order chi connectivity index (χ0) is 17.2. The minimum Gasteiger partial charge on any atom is -0.497 e. The molecule has 0 bridgehead atoms. The van der Waals surface area contributed by atoms with E-state index >= 15 is 0 Å². The van der Waals surface area contributed by atoms with Gasteiger partial charge >= 0.3 is 0 Å². The van der Waals surface area contributed by atoms with Crippen molar-refractivity contribution < 1.29 is 14.3 Å². The fourth-order valence-corrected chi connectivity index (χ4v) is 3.28. The highest BCUT2D eigenvalue weighted by Crippen LogP contribution is 2.41. The second-order valence-corrected chi connectivity index (χ2v) is 6.18. The number of carbonyl (C=O) groups is 1. The predicted molar refractivity (Wildman–Crippen MR) is 92.9 cm³/mol. The fourth-order valence-electron chi connectivity index (χ4n) is 3.28. The van der Waals surface area contributed by atoms with Gasteiger partial charge in [-0.25, -0.2) is 0 Å². The van der Waals surface area contributed by atoms with E-state index in [-0.39, 0.29) is 5.91 Å². The Bertz CT molecular complexity index is 716. The molecule has 1 amide bonds. The molecule has 0 spiro atoms. The van der Waals surface area contributed by atoms with Gasteiger partial charge in [0.05, 0.1) is 13.7 Å². The van der Waals surface area contributed by atoms with Gasteiger partial charge in [0.1, 0.15) is 11.4 Å². The number of hydrogen-bond acceptors (Lipinski definition) is 3. The highest BCUT2D eigenvalue weighted by molar-refractivity contribution is 5.83. The number of methoxy groups -OCH3 is 1. The van der Waals surface area contributed by atoms with Crippen molar-refractivity contribution in [3.63, 3.8) is 0 Å². The van der Waals surface area contributed by atoms with E-state index in [1.165, 1.54) is 0 Å². The third-order valence-corrected chi connectivity index (χ3v) is 4.71. The van der Waals surface area contributed by atoms with Crippen LogP contribution in [-0.4, -0.2) is 31.5 Å². The van der Waals surface area contributed by atoms with E-state index in [0.717, 1.165) is 23.3 Å². The van der Waals surface area contributed by atoms with Crippen LogP contribution in [0.5, 0.6) is 5.75 Å². The summed E-state index contributed by atoms with van der Waals surface area (Å²) in [6.45, 7) is 2.62. The van der Waals surface area contributed by atoms with Crippen LogP contribution in [0.25, 0.3) is 0 Å². The first-order chi connectivity index (χ1) is 11.6. The first-order valence-electron chi connectivity index (χ1n) is 8.22. The van der Waals surface area contributed by atoms with Crippen molar-refractivity contribution in [2.24, 2.45) is 0 Å². The summed E-state index contributed by atoms with van der Waals surface area (Å²) < 4.78 is 11.8. The van der Waals surface area contributed by atoms with Crippen LogP contribution in [0.4, 0.5) is 0 Å². The maximum Gasteiger partial charge on any atom is 0.256 e. The highest BCUT2D eigenvalue weighted by atomic mass is 16.5. The molecule has 0 N–H and O–H groups in total. The first-order valence-corrected chi connectivity index (χ1v) is 8.22. The summed E-state index contributed by atoms with van der Waals surface area (Å²) in [5.41, 5.74) is 1.37. The van der Waals surface area contributed by atoms with E-state index in [9.17, 15) is 4.79 Å². The molecule has 2 aromatic rings. The van der Waals surface area contributed by atoms with Crippen LogP contribution in [0, 0.1) is 0 Å². The lowest BCUT2D eigenvalue weighted by atomic mass is 9.87. The van der Waals surface area contributed by atoms with Crippen molar-refractivity contribution in [3.05, 3.63) is 65.7 Å². The highest BCUT2D eigenvalue weighted by Gasteiger charge is 2.44. The van der Waals surface area contributed by atoms with Crippen LogP contribution >= 0.6 is 0 Å². The van der Waals surface area contributed by atoms with Gasteiger partial charge in [0.25, 0.3) is 5.91 Å². The van der Waals surface area contributed by atoms with Gasteiger partial charge < -0.3 is 14.4 Å². The standard InChI is InChI=1S/C20H23NO3/c1-4-20(16-11-8-12-17(13-16)23-3)14-21(2)19(22)18(24-20)15-9-6-5-7-10-15/h5-13,18H,4,14H2,1-3H3. The quantitative estimate of drug-likeness (QED) is 0.863. The fraction of sp³-hybridized carbons (Fsp3) is 0.350. The number of carbonyl (C=O) groups excluding carboxylic acids is 1. The molecule has 0 aliphatic carbocycles. The monoisotopic (exact) mass is 325 g/mol. The third kappa shape index (κ3) is 2.89. The molecule has 0 aromatic heterocycles. The number of ether oxygens (including phenoxy) is 2. The van der Waals surface area contributed by atoms with Crippen LogP contribution in [0.15, 0.2) is 54.6 Å². The minimum atomic E-state index is -0.587. The third-order valence-electron chi connectivity index (χ3n) is 4.71. The Morgan fingerprint density at radius 3 is 2.62 bits per heavy atom. The Morgan fingerprint density at radius 1 is 1.21 bits per heavy atom. The number of hydrogen-bond donors (Lipinski definition) is 0. The van der Waals surface area contributed by atoms with Crippen molar-refractivity contribution >= 4 is 5.91 Å². The summed E-state index contributed by atoms with van der Waals surface area (Å²) in [6, 6.07) is 17.6. The molecule has 1 saturated heterocycles. The topological polar surface area (TPSA) is 38.8 Å². The largest absolute Gasteiger partial charge is 0.497 e. The van der Waals surface area contributed by atoms with Crippen molar-refractivity contribution in [2.45, 2.75) is 25.0 Å².